The number of amides is 1. The van der Waals surface area contributed by atoms with Gasteiger partial charge in [-0.05, 0) is 89.9 Å². The maximum atomic E-state index is 12.1. The average molecular weight is 832 g/mol. The van der Waals surface area contributed by atoms with Crippen molar-refractivity contribution in [3.05, 3.63) is 85.1 Å². The number of hydrogen-bond acceptors (Lipinski definition) is 7. The van der Waals surface area contributed by atoms with Crippen LogP contribution in [-0.2, 0) is 27.9 Å². The zero-order chi connectivity index (χ0) is 42.5. The normalized spacial score (nSPS) is 14.1. The number of aliphatic hydroxyl groups is 1. The number of phosphoric acid groups is 1. The Labute approximate surface area is 353 Å². The summed E-state index contributed by atoms with van der Waals surface area (Å²) in [6.07, 6.45) is 55.1. The lowest BCUT2D eigenvalue weighted by Crippen LogP contribution is -2.27. The van der Waals surface area contributed by atoms with E-state index in [0.29, 0.717) is 12.8 Å². The minimum atomic E-state index is -4.43. The fourth-order valence-corrected chi connectivity index (χ4v) is 6.43. The van der Waals surface area contributed by atoms with Crippen molar-refractivity contribution >= 4 is 19.7 Å². The first-order valence-electron chi connectivity index (χ1n) is 22.6. The van der Waals surface area contributed by atoms with Crippen molar-refractivity contribution in [2.45, 2.75) is 180 Å². The highest BCUT2D eigenvalue weighted by molar-refractivity contribution is 7.47. The van der Waals surface area contributed by atoms with Gasteiger partial charge >= 0.3 is 13.8 Å². The number of phosphoric ester groups is 1. The first kappa shape index (κ1) is 55.2. The first-order valence-corrected chi connectivity index (χ1v) is 24.1. The van der Waals surface area contributed by atoms with Crippen molar-refractivity contribution in [1.29, 1.82) is 0 Å². The molecule has 58 heavy (non-hydrogen) atoms. The van der Waals surface area contributed by atoms with Crippen LogP contribution in [0.25, 0.3) is 0 Å². The van der Waals surface area contributed by atoms with Crippen molar-refractivity contribution in [1.82, 2.24) is 5.32 Å². The second kappa shape index (κ2) is 43.8. The molecule has 2 unspecified atom stereocenters. The largest absolute Gasteiger partial charge is 0.472 e. The van der Waals surface area contributed by atoms with E-state index in [1.165, 1.54) is 32.1 Å². The number of aliphatic hydroxyl groups excluding tert-OH is 1. The van der Waals surface area contributed by atoms with E-state index in [9.17, 15) is 24.2 Å². The molecule has 0 fully saturated rings. The molecule has 0 spiro atoms. The molecule has 0 heterocycles. The van der Waals surface area contributed by atoms with E-state index >= 15 is 0 Å². The molecular weight excluding hydrogens is 750 g/mol. The predicted molar refractivity (Wildman–Crippen MR) is 242 cm³/mol. The third kappa shape index (κ3) is 44.3. The molecule has 332 valence electrons. The van der Waals surface area contributed by atoms with Gasteiger partial charge < -0.3 is 20.1 Å². The number of allylic oxidation sites excluding steroid dienone is 14. The number of esters is 1. The van der Waals surface area contributed by atoms with E-state index < -0.39 is 26.5 Å². The summed E-state index contributed by atoms with van der Waals surface area (Å²) < 4.78 is 26.9. The van der Waals surface area contributed by atoms with Gasteiger partial charge in [0.15, 0.2) is 0 Å². The molecule has 3 N–H and O–H groups in total. The Kier molecular flexibility index (Phi) is 41.6. The molecule has 9 nitrogen and oxygen atoms in total. The van der Waals surface area contributed by atoms with Crippen LogP contribution in [0.15, 0.2) is 85.1 Å². The second-order valence-electron chi connectivity index (χ2n) is 14.6. The lowest BCUT2D eigenvalue weighted by atomic mass is 10.1. The quantitative estimate of drug-likeness (QED) is 0.0240. The summed E-state index contributed by atoms with van der Waals surface area (Å²) in [7, 11) is -4.43. The molecule has 1 amide bonds. The van der Waals surface area contributed by atoms with E-state index in [-0.39, 0.29) is 32.1 Å². The van der Waals surface area contributed by atoms with Gasteiger partial charge in [0.2, 0.25) is 5.91 Å². The fraction of sp³-hybridized carbons (Fsp3) is 0.667. The molecule has 0 saturated heterocycles. The SMILES string of the molecule is CC/C=C\C/C=C\C/C=C\C/C=C\C/C=C\CCCCCCCC(=O)OCC(O)COP(=O)(O)OCCNC(=O)CCCCCCC/C=C\C/C=C\CCCCCC. The van der Waals surface area contributed by atoms with Gasteiger partial charge in [-0.3, -0.25) is 18.6 Å². The average Bonchev–Trinajstić information content (AvgIpc) is 3.21. The number of nitrogens with one attached hydrogen (secondary N) is 1. The first-order chi connectivity index (χ1) is 28.3. The third-order valence-electron chi connectivity index (χ3n) is 9.06. The molecule has 0 aliphatic carbocycles. The second-order valence-corrected chi connectivity index (χ2v) is 16.1. The maximum Gasteiger partial charge on any atom is 0.472 e. The molecule has 0 aromatic heterocycles. The van der Waals surface area contributed by atoms with Crippen molar-refractivity contribution in [3.63, 3.8) is 0 Å². The Bertz CT molecular complexity index is 1220. The topological polar surface area (TPSA) is 131 Å². The van der Waals surface area contributed by atoms with Gasteiger partial charge in [0.1, 0.15) is 12.7 Å². The Morgan fingerprint density at radius 2 is 0.983 bits per heavy atom. The highest BCUT2D eigenvalue weighted by Crippen LogP contribution is 2.42. The van der Waals surface area contributed by atoms with Crippen LogP contribution in [0.5, 0.6) is 0 Å². The number of ether oxygens (including phenoxy) is 1. The van der Waals surface area contributed by atoms with Crippen LogP contribution in [-0.4, -0.2) is 54.3 Å². The summed E-state index contributed by atoms with van der Waals surface area (Å²) in [5, 5.41) is 12.7. The molecule has 0 bridgehead atoms. The molecule has 0 aliphatic rings. The van der Waals surface area contributed by atoms with Crippen LogP contribution < -0.4 is 5.32 Å². The van der Waals surface area contributed by atoms with Crippen LogP contribution in [0.2, 0.25) is 0 Å². The summed E-state index contributed by atoms with van der Waals surface area (Å²) in [5.74, 6) is -0.555. The van der Waals surface area contributed by atoms with E-state index in [1.807, 2.05) is 0 Å². The van der Waals surface area contributed by atoms with Crippen molar-refractivity contribution < 1.29 is 37.9 Å². The van der Waals surface area contributed by atoms with Gasteiger partial charge in [-0.25, -0.2) is 4.57 Å². The minimum absolute atomic E-state index is 0.0671. The lowest BCUT2D eigenvalue weighted by Gasteiger charge is -2.15. The van der Waals surface area contributed by atoms with Gasteiger partial charge in [0, 0.05) is 19.4 Å². The van der Waals surface area contributed by atoms with Gasteiger partial charge in [0.05, 0.1) is 13.2 Å². The van der Waals surface area contributed by atoms with Crippen LogP contribution in [0.4, 0.5) is 0 Å². The summed E-state index contributed by atoms with van der Waals surface area (Å²) in [6, 6.07) is 0. The molecule has 0 rings (SSSR count). The highest BCUT2D eigenvalue weighted by atomic mass is 31.2. The molecule has 0 aliphatic heterocycles. The molecule has 0 radical (unpaired) electrons. The summed E-state index contributed by atoms with van der Waals surface area (Å²) in [4.78, 5) is 33.9. The molecule has 0 saturated carbocycles. The molecule has 0 aromatic carbocycles. The molecule has 0 aromatic rings. The minimum Gasteiger partial charge on any atom is -0.463 e. The standard InChI is InChI=1S/C48H82NO8P/c1-3-5-7-9-11-13-15-17-19-21-22-23-24-25-27-29-31-33-35-37-39-41-48(52)55-44-46(50)45-57-58(53,54)56-43-42-49-47(51)40-38-36-34-32-30-28-26-20-18-16-14-12-10-8-6-4-2/h5,7,11,13-14,16-17,19-20,22-23,25-27,46,50H,3-4,6,8-10,12,15,18,21,24,28-45H2,1-2H3,(H,49,51)(H,53,54)/b7-5-,13-11-,16-14-,19-17-,23-22-,26-20-,27-25-. The number of carbonyl (C=O) groups is 2. The van der Waals surface area contributed by atoms with Crippen LogP contribution >= 0.6 is 7.82 Å². The monoisotopic (exact) mass is 832 g/mol. The summed E-state index contributed by atoms with van der Waals surface area (Å²) in [5.41, 5.74) is 0. The van der Waals surface area contributed by atoms with Gasteiger partial charge in [0.25, 0.3) is 0 Å². The van der Waals surface area contributed by atoms with Crippen molar-refractivity contribution in [3.8, 4) is 0 Å². The molecule has 2 atom stereocenters. The Morgan fingerprint density at radius 1 is 0.552 bits per heavy atom. The predicted octanol–water partition coefficient (Wildman–Crippen LogP) is 12.8. The van der Waals surface area contributed by atoms with Crippen molar-refractivity contribution in [2.75, 3.05) is 26.4 Å². The van der Waals surface area contributed by atoms with Crippen LogP contribution in [0.1, 0.15) is 174 Å². The Morgan fingerprint density at radius 3 is 1.48 bits per heavy atom. The van der Waals surface area contributed by atoms with Crippen LogP contribution in [0, 0.1) is 0 Å². The van der Waals surface area contributed by atoms with Gasteiger partial charge in [-0.1, -0.05) is 157 Å². The number of unbranched alkanes of at least 4 members (excludes halogenated alkanes) is 14. The van der Waals surface area contributed by atoms with E-state index in [1.54, 1.807) is 0 Å². The van der Waals surface area contributed by atoms with E-state index in [4.69, 9.17) is 13.8 Å². The van der Waals surface area contributed by atoms with E-state index in [2.05, 4.69) is 104 Å². The Balaban J connectivity index is 3.68. The summed E-state index contributed by atoms with van der Waals surface area (Å²) in [6.45, 7) is 3.37. The lowest BCUT2D eigenvalue weighted by molar-refractivity contribution is -0.147. The fourth-order valence-electron chi connectivity index (χ4n) is 5.67. The molecular formula is C48H82NO8P. The van der Waals surface area contributed by atoms with E-state index in [0.717, 1.165) is 109 Å². The summed E-state index contributed by atoms with van der Waals surface area (Å²) >= 11 is 0. The zero-order valence-electron chi connectivity index (χ0n) is 36.5. The van der Waals surface area contributed by atoms with Crippen LogP contribution in [0.3, 0.4) is 0 Å². The highest BCUT2D eigenvalue weighted by Gasteiger charge is 2.23. The molecule has 10 heteroatoms. The maximum absolute atomic E-state index is 12.1. The number of hydrogen-bond donors (Lipinski definition) is 3. The number of rotatable bonds is 41. The zero-order valence-corrected chi connectivity index (χ0v) is 37.4. The Hall–Kier alpha value is -2.81. The smallest absolute Gasteiger partial charge is 0.463 e. The van der Waals surface area contributed by atoms with Crippen molar-refractivity contribution in [2.24, 2.45) is 0 Å². The number of carbonyl (C=O) groups excluding carboxylic acids is 2. The van der Waals surface area contributed by atoms with Gasteiger partial charge in [-0.2, -0.15) is 0 Å². The van der Waals surface area contributed by atoms with Gasteiger partial charge in [-0.15, -0.1) is 0 Å². The third-order valence-corrected chi connectivity index (χ3v) is 10.0.